The summed E-state index contributed by atoms with van der Waals surface area (Å²) >= 11 is 0. The average molecular weight is 131 g/mol. The third-order valence-corrected chi connectivity index (χ3v) is 0.858. The first kappa shape index (κ1) is 8.07. The Labute approximate surface area is 53.2 Å². The second-order valence-electron chi connectivity index (χ2n) is 1.53. The van der Waals surface area contributed by atoms with E-state index in [0.29, 0.717) is 6.42 Å². The van der Waals surface area contributed by atoms with Gasteiger partial charge in [0.1, 0.15) is 0 Å². The second-order valence-corrected chi connectivity index (χ2v) is 1.53. The molecule has 0 aromatic heterocycles. The summed E-state index contributed by atoms with van der Waals surface area (Å²) in [5, 5.41) is 2.58. The van der Waals surface area contributed by atoms with Crippen molar-refractivity contribution >= 4 is 5.97 Å². The van der Waals surface area contributed by atoms with Crippen molar-refractivity contribution in [1.82, 2.24) is 0 Å². The van der Waals surface area contributed by atoms with Gasteiger partial charge in [-0.1, -0.05) is 5.18 Å². The molecule has 0 rings (SSSR count). The van der Waals surface area contributed by atoms with Crippen LogP contribution in [0, 0.1) is 4.91 Å². The number of esters is 1. The number of nitroso groups, excluding NO2 is 1. The predicted octanol–water partition coefficient (Wildman–Crippen LogP) is 0.706. The van der Waals surface area contributed by atoms with E-state index in [1.54, 1.807) is 0 Å². The van der Waals surface area contributed by atoms with Crippen LogP contribution in [0.25, 0.3) is 0 Å². The largest absolute Gasteiger partial charge is 0.469 e. The molecule has 0 saturated heterocycles. The summed E-state index contributed by atoms with van der Waals surface area (Å²) in [4.78, 5) is 19.8. The lowest BCUT2D eigenvalue weighted by Crippen LogP contribution is -1.99. The molecule has 0 saturated carbocycles. The third-order valence-electron chi connectivity index (χ3n) is 0.858. The highest BCUT2D eigenvalue weighted by Gasteiger charge is 1.97. The Balaban J connectivity index is 3.06. The number of methoxy groups -OCH3 is 1. The van der Waals surface area contributed by atoms with Crippen LogP contribution >= 0.6 is 0 Å². The molecule has 0 unspecified atom stereocenters. The maximum atomic E-state index is 10.3. The zero-order valence-electron chi connectivity index (χ0n) is 5.29. The Hall–Kier alpha value is -0.930. The molecule has 4 nitrogen and oxygen atoms in total. The summed E-state index contributed by atoms with van der Waals surface area (Å²) < 4.78 is 4.31. The molecule has 0 N–H and O–H groups in total. The number of carbonyl (C=O) groups excluding carboxylic acids is 1. The van der Waals surface area contributed by atoms with E-state index in [4.69, 9.17) is 0 Å². The highest BCUT2D eigenvalue weighted by atomic mass is 16.5. The summed E-state index contributed by atoms with van der Waals surface area (Å²) in [5.41, 5.74) is 0. The number of nitrogens with zero attached hydrogens (tertiary/aromatic N) is 1. The molecule has 0 aliphatic rings. The van der Waals surface area contributed by atoms with E-state index in [0.717, 1.165) is 0 Å². The average Bonchev–Trinajstić information content (AvgIpc) is 1.89. The van der Waals surface area contributed by atoms with Crippen molar-refractivity contribution in [1.29, 1.82) is 0 Å². The minimum atomic E-state index is -0.293. The van der Waals surface area contributed by atoms with Gasteiger partial charge in [-0.05, 0) is 6.42 Å². The Morgan fingerprint density at radius 1 is 1.67 bits per heavy atom. The van der Waals surface area contributed by atoms with Crippen LogP contribution in [0.1, 0.15) is 12.8 Å². The molecule has 0 aliphatic carbocycles. The van der Waals surface area contributed by atoms with E-state index in [1.165, 1.54) is 7.11 Å². The standard InChI is InChI=1S/C5H9NO3/c1-9-5(7)3-2-4-6-8/h2-4H2,1H3. The first-order valence-electron chi connectivity index (χ1n) is 2.67. The molecule has 0 spiro atoms. The fraction of sp³-hybridized carbons (Fsp3) is 0.800. The van der Waals surface area contributed by atoms with Gasteiger partial charge in [0.2, 0.25) is 0 Å². The smallest absolute Gasteiger partial charge is 0.305 e. The Kier molecular flexibility index (Phi) is 4.67. The summed E-state index contributed by atoms with van der Waals surface area (Å²) in [5.74, 6) is -0.293. The first-order chi connectivity index (χ1) is 4.31. The van der Waals surface area contributed by atoms with Crippen molar-refractivity contribution < 1.29 is 9.53 Å². The van der Waals surface area contributed by atoms with Crippen molar-refractivity contribution in [3.8, 4) is 0 Å². The minimum Gasteiger partial charge on any atom is -0.469 e. The van der Waals surface area contributed by atoms with Crippen LogP contribution in [0.3, 0.4) is 0 Å². The fourth-order valence-corrected chi connectivity index (χ4v) is 0.390. The molecule has 0 radical (unpaired) electrons. The quantitative estimate of drug-likeness (QED) is 0.320. The molecule has 0 aromatic carbocycles. The number of hydrogen-bond acceptors (Lipinski definition) is 4. The molecular formula is C5H9NO3. The van der Waals surface area contributed by atoms with Gasteiger partial charge in [-0.15, -0.1) is 0 Å². The van der Waals surface area contributed by atoms with Crippen LogP contribution in [0.4, 0.5) is 0 Å². The number of hydrogen-bond donors (Lipinski definition) is 0. The highest BCUT2D eigenvalue weighted by molar-refractivity contribution is 5.68. The molecule has 0 bridgehead atoms. The molecule has 4 heteroatoms. The Morgan fingerprint density at radius 3 is 2.78 bits per heavy atom. The van der Waals surface area contributed by atoms with Gasteiger partial charge in [0.25, 0.3) is 0 Å². The molecule has 52 valence electrons. The predicted molar refractivity (Wildman–Crippen MR) is 31.9 cm³/mol. The maximum absolute atomic E-state index is 10.3. The third kappa shape index (κ3) is 4.93. The summed E-state index contributed by atoms with van der Waals surface area (Å²) in [6.45, 7) is 0.190. The number of rotatable bonds is 4. The van der Waals surface area contributed by atoms with Crippen LogP contribution < -0.4 is 0 Å². The monoisotopic (exact) mass is 131 g/mol. The van der Waals surface area contributed by atoms with E-state index in [1.807, 2.05) is 0 Å². The number of ether oxygens (including phenoxy) is 1. The minimum absolute atomic E-state index is 0.190. The van der Waals surface area contributed by atoms with Crippen LogP contribution in [-0.2, 0) is 9.53 Å². The van der Waals surface area contributed by atoms with Gasteiger partial charge in [0, 0.05) is 6.42 Å². The van der Waals surface area contributed by atoms with Crippen molar-refractivity contribution in [2.24, 2.45) is 5.18 Å². The topological polar surface area (TPSA) is 55.7 Å². The van der Waals surface area contributed by atoms with Crippen molar-refractivity contribution in [2.45, 2.75) is 12.8 Å². The molecule has 9 heavy (non-hydrogen) atoms. The van der Waals surface area contributed by atoms with Crippen LogP contribution in [0.2, 0.25) is 0 Å². The van der Waals surface area contributed by atoms with Crippen LogP contribution in [0.5, 0.6) is 0 Å². The Morgan fingerprint density at radius 2 is 2.33 bits per heavy atom. The van der Waals surface area contributed by atoms with Crippen molar-refractivity contribution in [3.05, 3.63) is 4.91 Å². The van der Waals surface area contributed by atoms with E-state index in [-0.39, 0.29) is 18.9 Å². The zero-order chi connectivity index (χ0) is 7.11. The molecule has 0 fully saturated rings. The molecule has 0 aliphatic heterocycles. The van der Waals surface area contributed by atoms with E-state index >= 15 is 0 Å². The van der Waals surface area contributed by atoms with Crippen LogP contribution in [-0.4, -0.2) is 19.6 Å². The maximum Gasteiger partial charge on any atom is 0.305 e. The SMILES string of the molecule is COC(=O)CCCN=O. The lowest BCUT2D eigenvalue weighted by molar-refractivity contribution is -0.140. The molecular weight excluding hydrogens is 122 g/mol. The second kappa shape index (κ2) is 5.21. The van der Waals surface area contributed by atoms with E-state index in [2.05, 4.69) is 9.91 Å². The molecule has 0 amide bonds. The first-order valence-corrected chi connectivity index (χ1v) is 2.67. The Bertz CT molecular complexity index is 102. The van der Waals surface area contributed by atoms with Gasteiger partial charge < -0.3 is 4.74 Å². The lowest BCUT2D eigenvalue weighted by Gasteiger charge is -1.93. The lowest BCUT2D eigenvalue weighted by atomic mass is 10.3. The molecule has 0 aromatic rings. The van der Waals surface area contributed by atoms with E-state index in [9.17, 15) is 9.70 Å². The highest BCUT2D eigenvalue weighted by Crippen LogP contribution is 1.90. The summed E-state index contributed by atoms with van der Waals surface area (Å²) in [6, 6.07) is 0. The van der Waals surface area contributed by atoms with Gasteiger partial charge in [0.15, 0.2) is 0 Å². The zero-order valence-corrected chi connectivity index (χ0v) is 5.29. The van der Waals surface area contributed by atoms with Crippen LogP contribution in [0.15, 0.2) is 5.18 Å². The fourth-order valence-electron chi connectivity index (χ4n) is 0.390. The van der Waals surface area contributed by atoms with Gasteiger partial charge in [-0.3, -0.25) is 4.79 Å². The van der Waals surface area contributed by atoms with Gasteiger partial charge in [0.05, 0.1) is 13.7 Å². The van der Waals surface area contributed by atoms with E-state index < -0.39 is 0 Å². The summed E-state index contributed by atoms with van der Waals surface area (Å²) in [6.07, 6.45) is 0.762. The van der Waals surface area contributed by atoms with Gasteiger partial charge >= 0.3 is 5.97 Å². The van der Waals surface area contributed by atoms with Gasteiger partial charge in [-0.2, -0.15) is 4.91 Å². The molecule has 0 heterocycles. The van der Waals surface area contributed by atoms with Crippen molar-refractivity contribution in [2.75, 3.05) is 13.7 Å². The van der Waals surface area contributed by atoms with Crippen molar-refractivity contribution in [3.63, 3.8) is 0 Å². The number of carbonyl (C=O) groups is 1. The molecule has 0 atom stereocenters. The normalized spacial score (nSPS) is 8.56. The summed E-state index contributed by atoms with van der Waals surface area (Å²) in [7, 11) is 1.32. The van der Waals surface area contributed by atoms with Gasteiger partial charge in [-0.25, -0.2) is 0 Å².